The molecule has 0 amide bonds. The SMILES string of the molecule is Cc1nn(-c2ccccc2)c(N2CCCC2)c1/C=C1/N=C(c2ccc(F)cc2)OC1=O. The monoisotopic (exact) mass is 416 g/mol. The molecule has 0 aliphatic carbocycles. The molecule has 2 aliphatic heterocycles. The summed E-state index contributed by atoms with van der Waals surface area (Å²) in [4.78, 5) is 19.2. The summed E-state index contributed by atoms with van der Waals surface area (Å²) >= 11 is 0. The van der Waals surface area contributed by atoms with Crippen LogP contribution in [0.1, 0.15) is 29.7 Å². The Morgan fingerprint density at radius 1 is 1.03 bits per heavy atom. The molecule has 6 nitrogen and oxygen atoms in total. The average Bonchev–Trinajstić information content (AvgIpc) is 3.50. The maximum atomic E-state index is 13.2. The summed E-state index contributed by atoms with van der Waals surface area (Å²) in [6.45, 7) is 3.79. The number of anilines is 1. The summed E-state index contributed by atoms with van der Waals surface area (Å²) < 4.78 is 20.5. The number of benzene rings is 2. The Morgan fingerprint density at radius 2 is 1.74 bits per heavy atom. The van der Waals surface area contributed by atoms with Gasteiger partial charge in [-0.3, -0.25) is 0 Å². The smallest absolute Gasteiger partial charge is 0.363 e. The number of rotatable bonds is 4. The second-order valence-electron chi connectivity index (χ2n) is 7.61. The zero-order valence-corrected chi connectivity index (χ0v) is 17.1. The molecule has 7 heteroatoms. The van der Waals surface area contributed by atoms with Crippen LogP contribution in [0.4, 0.5) is 10.2 Å². The van der Waals surface area contributed by atoms with Crippen molar-refractivity contribution in [3.05, 3.63) is 82.9 Å². The quantitative estimate of drug-likeness (QED) is 0.471. The van der Waals surface area contributed by atoms with Crippen LogP contribution in [-0.2, 0) is 9.53 Å². The molecule has 0 bridgehead atoms. The van der Waals surface area contributed by atoms with E-state index in [1.54, 1.807) is 18.2 Å². The zero-order chi connectivity index (χ0) is 21.4. The minimum absolute atomic E-state index is 0.173. The van der Waals surface area contributed by atoms with E-state index < -0.39 is 5.97 Å². The van der Waals surface area contributed by atoms with Crippen molar-refractivity contribution in [3.63, 3.8) is 0 Å². The Labute approximate surface area is 179 Å². The molecule has 0 atom stereocenters. The highest BCUT2D eigenvalue weighted by molar-refractivity contribution is 6.13. The van der Waals surface area contributed by atoms with Crippen molar-refractivity contribution in [2.75, 3.05) is 18.0 Å². The second kappa shape index (κ2) is 7.83. The van der Waals surface area contributed by atoms with Crippen LogP contribution in [0, 0.1) is 12.7 Å². The van der Waals surface area contributed by atoms with Gasteiger partial charge in [0.1, 0.15) is 11.6 Å². The minimum Gasteiger partial charge on any atom is -0.402 e. The summed E-state index contributed by atoms with van der Waals surface area (Å²) in [5, 5.41) is 4.77. The third kappa shape index (κ3) is 3.63. The largest absolute Gasteiger partial charge is 0.402 e. The van der Waals surface area contributed by atoms with Crippen molar-refractivity contribution < 1.29 is 13.9 Å². The van der Waals surface area contributed by atoms with Crippen molar-refractivity contribution in [1.82, 2.24) is 9.78 Å². The molecule has 1 aromatic heterocycles. The normalized spacial score (nSPS) is 17.4. The molecule has 156 valence electrons. The van der Waals surface area contributed by atoms with E-state index in [1.165, 1.54) is 12.1 Å². The van der Waals surface area contributed by atoms with Gasteiger partial charge in [0.25, 0.3) is 0 Å². The third-order valence-corrected chi connectivity index (χ3v) is 5.48. The number of esters is 1. The number of nitrogens with zero attached hydrogens (tertiary/aromatic N) is 4. The Balaban J connectivity index is 1.60. The molecule has 1 fully saturated rings. The Bertz CT molecular complexity index is 1190. The van der Waals surface area contributed by atoms with E-state index in [0.717, 1.165) is 48.7 Å². The highest BCUT2D eigenvalue weighted by Gasteiger charge is 2.28. The van der Waals surface area contributed by atoms with Gasteiger partial charge in [0.15, 0.2) is 5.70 Å². The van der Waals surface area contributed by atoms with E-state index in [1.807, 2.05) is 41.9 Å². The second-order valence-corrected chi connectivity index (χ2v) is 7.61. The summed E-state index contributed by atoms with van der Waals surface area (Å²) in [7, 11) is 0. The number of aromatic nitrogens is 2. The van der Waals surface area contributed by atoms with Gasteiger partial charge in [-0.05, 0) is 62.2 Å². The first kappa shape index (κ1) is 19.2. The van der Waals surface area contributed by atoms with Crippen molar-refractivity contribution in [2.24, 2.45) is 4.99 Å². The van der Waals surface area contributed by atoms with Gasteiger partial charge in [-0.1, -0.05) is 18.2 Å². The first-order valence-electron chi connectivity index (χ1n) is 10.3. The number of carbonyl (C=O) groups is 1. The molecule has 5 rings (SSSR count). The maximum Gasteiger partial charge on any atom is 0.363 e. The van der Waals surface area contributed by atoms with E-state index in [0.29, 0.717) is 5.56 Å². The number of carbonyl (C=O) groups excluding carboxylic acids is 1. The molecule has 3 heterocycles. The van der Waals surface area contributed by atoms with Gasteiger partial charge in [0.05, 0.1) is 11.4 Å². The van der Waals surface area contributed by atoms with Crippen molar-refractivity contribution in [3.8, 4) is 5.69 Å². The van der Waals surface area contributed by atoms with E-state index >= 15 is 0 Å². The Kier molecular flexibility index (Phi) is 4.86. The number of ether oxygens (including phenoxy) is 1. The summed E-state index contributed by atoms with van der Waals surface area (Å²) in [6.07, 6.45) is 3.97. The maximum absolute atomic E-state index is 13.2. The molecule has 2 aliphatic rings. The predicted octanol–water partition coefficient (Wildman–Crippen LogP) is 4.26. The molecule has 0 saturated carbocycles. The van der Waals surface area contributed by atoms with Gasteiger partial charge in [0.2, 0.25) is 5.90 Å². The fraction of sp³-hybridized carbons (Fsp3) is 0.208. The molecule has 0 spiro atoms. The number of halogens is 1. The van der Waals surface area contributed by atoms with Gasteiger partial charge >= 0.3 is 5.97 Å². The predicted molar refractivity (Wildman–Crippen MR) is 117 cm³/mol. The lowest BCUT2D eigenvalue weighted by Crippen LogP contribution is -2.22. The number of aliphatic imine (C=N–C) groups is 1. The molecule has 2 aromatic carbocycles. The molecule has 0 unspecified atom stereocenters. The number of aryl methyl sites for hydroxylation is 1. The number of hydrogen-bond donors (Lipinski definition) is 0. The molecule has 0 radical (unpaired) electrons. The highest BCUT2D eigenvalue weighted by Crippen LogP contribution is 2.32. The van der Waals surface area contributed by atoms with E-state index in [-0.39, 0.29) is 17.4 Å². The molecular formula is C24H21FN4O2. The lowest BCUT2D eigenvalue weighted by atomic mass is 10.2. The van der Waals surface area contributed by atoms with Crippen LogP contribution >= 0.6 is 0 Å². The van der Waals surface area contributed by atoms with Crippen LogP contribution in [0.25, 0.3) is 11.8 Å². The topological polar surface area (TPSA) is 59.7 Å². The van der Waals surface area contributed by atoms with E-state index in [9.17, 15) is 9.18 Å². The number of para-hydroxylation sites is 1. The van der Waals surface area contributed by atoms with Crippen LogP contribution in [0.2, 0.25) is 0 Å². The van der Waals surface area contributed by atoms with Crippen molar-refractivity contribution in [2.45, 2.75) is 19.8 Å². The third-order valence-electron chi connectivity index (χ3n) is 5.48. The fourth-order valence-electron chi connectivity index (χ4n) is 3.94. The van der Waals surface area contributed by atoms with Gasteiger partial charge in [-0.25, -0.2) is 18.9 Å². The Hall–Kier alpha value is -3.74. The lowest BCUT2D eigenvalue weighted by molar-refractivity contribution is -0.129. The molecular weight excluding hydrogens is 395 g/mol. The van der Waals surface area contributed by atoms with Crippen LogP contribution in [0.3, 0.4) is 0 Å². The van der Waals surface area contributed by atoms with Gasteiger partial charge < -0.3 is 9.64 Å². The Morgan fingerprint density at radius 3 is 2.45 bits per heavy atom. The lowest BCUT2D eigenvalue weighted by Gasteiger charge is -2.20. The number of hydrogen-bond acceptors (Lipinski definition) is 5. The van der Waals surface area contributed by atoms with Crippen LogP contribution < -0.4 is 4.90 Å². The summed E-state index contributed by atoms with van der Waals surface area (Å²) in [6, 6.07) is 15.7. The van der Waals surface area contributed by atoms with E-state index in [2.05, 4.69) is 9.89 Å². The van der Waals surface area contributed by atoms with Crippen molar-refractivity contribution >= 4 is 23.8 Å². The molecule has 31 heavy (non-hydrogen) atoms. The summed E-state index contributed by atoms with van der Waals surface area (Å²) in [5.41, 5.74) is 3.37. The van der Waals surface area contributed by atoms with Gasteiger partial charge in [-0.2, -0.15) is 5.10 Å². The standard InChI is InChI=1S/C24H21FN4O2/c1-16-20(15-21-24(30)31-22(26-21)17-9-11-18(25)12-10-17)23(28-13-5-6-14-28)29(27-16)19-7-3-2-4-8-19/h2-4,7-12,15H,5-6,13-14H2,1H3/b21-15+. The highest BCUT2D eigenvalue weighted by atomic mass is 19.1. The van der Waals surface area contributed by atoms with Crippen LogP contribution in [0.15, 0.2) is 65.3 Å². The molecule has 3 aromatic rings. The van der Waals surface area contributed by atoms with Gasteiger partial charge in [-0.15, -0.1) is 0 Å². The minimum atomic E-state index is -0.529. The molecule has 0 N–H and O–H groups in total. The zero-order valence-electron chi connectivity index (χ0n) is 17.1. The molecule has 1 saturated heterocycles. The van der Waals surface area contributed by atoms with Crippen LogP contribution in [-0.4, -0.2) is 34.7 Å². The fourth-order valence-corrected chi connectivity index (χ4v) is 3.94. The van der Waals surface area contributed by atoms with E-state index in [4.69, 9.17) is 9.84 Å². The van der Waals surface area contributed by atoms with Crippen molar-refractivity contribution in [1.29, 1.82) is 0 Å². The summed E-state index contributed by atoms with van der Waals surface area (Å²) in [5.74, 6) is 0.237. The first-order chi connectivity index (χ1) is 15.1. The van der Waals surface area contributed by atoms with Crippen LogP contribution in [0.5, 0.6) is 0 Å². The first-order valence-corrected chi connectivity index (χ1v) is 10.3. The van der Waals surface area contributed by atoms with Gasteiger partial charge in [0, 0.05) is 24.2 Å². The average molecular weight is 416 g/mol. The number of cyclic esters (lactones) is 1.